The van der Waals surface area contributed by atoms with Crippen molar-refractivity contribution in [3.63, 3.8) is 0 Å². The molecule has 3 amide bonds. The predicted octanol–water partition coefficient (Wildman–Crippen LogP) is 0.701. The molecule has 0 saturated heterocycles. The lowest BCUT2D eigenvalue weighted by molar-refractivity contribution is -0.137. The van der Waals surface area contributed by atoms with Crippen LogP contribution in [0.3, 0.4) is 0 Å². The van der Waals surface area contributed by atoms with Gasteiger partial charge in [0.1, 0.15) is 0 Å². The number of carboxylic acids is 1. The first-order valence-electron chi connectivity index (χ1n) is 6.84. The minimum atomic E-state index is -0.888. The van der Waals surface area contributed by atoms with E-state index in [0.29, 0.717) is 18.9 Å². The van der Waals surface area contributed by atoms with Crippen molar-refractivity contribution < 1.29 is 19.5 Å². The molecule has 0 aromatic heterocycles. The first-order valence-corrected chi connectivity index (χ1v) is 6.84. The molecule has 1 atom stereocenters. The second kappa shape index (κ2) is 10.1. The molecule has 0 spiro atoms. The molecular formula is C13H25N3O4. The van der Waals surface area contributed by atoms with Crippen molar-refractivity contribution in [2.75, 3.05) is 13.1 Å². The largest absolute Gasteiger partial charge is 0.481 e. The van der Waals surface area contributed by atoms with Crippen LogP contribution in [0, 0.1) is 5.92 Å². The Hall–Kier alpha value is -1.79. The molecule has 1 unspecified atom stereocenters. The highest BCUT2D eigenvalue weighted by atomic mass is 16.4. The van der Waals surface area contributed by atoms with Crippen LogP contribution in [-0.4, -0.2) is 42.1 Å². The number of hydrogen-bond acceptors (Lipinski definition) is 3. The number of nitrogens with one attached hydrogen (secondary N) is 3. The smallest absolute Gasteiger partial charge is 0.315 e. The van der Waals surface area contributed by atoms with Crippen molar-refractivity contribution in [3.05, 3.63) is 0 Å². The van der Waals surface area contributed by atoms with E-state index in [4.69, 9.17) is 5.11 Å². The Morgan fingerprint density at radius 2 is 1.70 bits per heavy atom. The number of rotatable bonds is 9. The van der Waals surface area contributed by atoms with E-state index in [0.717, 1.165) is 0 Å². The average molecular weight is 287 g/mol. The zero-order valence-electron chi connectivity index (χ0n) is 12.4. The Morgan fingerprint density at radius 3 is 2.25 bits per heavy atom. The number of amides is 3. The lowest BCUT2D eigenvalue weighted by Gasteiger charge is -2.13. The van der Waals surface area contributed by atoms with Crippen LogP contribution < -0.4 is 16.0 Å². The molecule has 20 heavy (non-hydrogen) atoms. The molecule has 116 valence electrons. The highest BCUT2D eigenvalue weighted by Gasteiger charge is 2.09. The molecule has 0 aromatic carbocycles. The van der Waals surface area contributed by atoms with Crippen LogP contribution in [0.5, 0.6) is 0 Å². The van der Waals surface area contributed by atoms with Crippen LogP contribution in [0.4, 0.5) is 4.79 Å². The average Bonchev–Trinajstić information content (AvgIpc) is 2.33. The summed E-state index contributed by atoms with van der Waals surface area (Å²) in [6, 6.07) is -0.611. The molecule has 7 heteroatoms. The summed E-state index contributed by atoms with van der Waals surface area (Å²) in [6.07, 6.45) is 0.611. The lowest BCUT2D eigenvalue weighted by atomic mass is 10.2. The van der Waals surface area contributed by atoms with Gasteiger partial charge in [-0.25, -0.2) is 4.79 Å². The Bertz CT molecular complexity index is 332. The van der Waals surface area contributed by atoms with Crippen molar-refractivity contribution >= 4 is 17.9 Å². The summed E-state index contributed by atoms with van der Waals surface area (Å²) >= 11 is 0. The highest BCUT2D eigenvalue weighted by Crippen LogP contribution is 1.95. The fourth-order valence-corrected chi connectivity index (χ4v) is 1.38. The van der Waals surface area contributed by atoms with Crippen LogP contribution in [0.2, 0.25) is 0 Å². The van der Waals surface area contributed by atoms with Gasteiger partial charge in [-0.15, -0.1) is 0 Å². The summed E-state index contributed by atoms with van der Waals surface area (Å²) in [5.41, 5.74) is 0. The van der Waals surface area contributed by atoms with Crippen molar-refractivity contribution in [1.82, 2.24) is 16.0 Å². The first-order chi connectivity index (χ1) is 9.31. The first kappa shape index (κ1) is 18.2. The SMILES string of the molecule is CC(C)CNC(=O)CCNC(=O)NC(C)CCC(=O)O. The van der Waals surface area contributed by atoms with E-state index in [1.807, 2.05) is 13.8 Å². The van der Waals surface area contributed by atoms with Crippen molar-refractivity contribution in [3.8, 4) is 0 Å². The third-order valence-electron chi connectivity index (χ3n) is 2.51. The lowest BCUT2D eigenvalue weighted by Crippen LogP contribution is -2.42. The summed E-state index contributed by atoms with van der Waals surface area (Å²) < 4.78 is 0. The fraction of sp³-hybridized carbons (Fsp3) is 0.769. The summed E-state index contributed by atoms with van der Waals surface area (Å²) in [4.78, 5) is 33.2. The van der Waals surface area contributed by atoms with E-state index >= 15 is 0 Å². The normalized spacial score (nSPS) is 11.8. The predicted molar refractivity (Wildman–Crippen MR) is 75.3 cm³/mol. The number of hydrogen-bond donors (Lipinski definition) is 4. The molecule has 0 aliphatic carbocycles. The Morgan fingerprint density at radius 1 is 1.05 bits per heavy atom. The number of aliphatic carboxylic acids is 1. The quantitative estimate of drug-likeness (QED) is 0.500. The second-order valence-electron chi connectivity index (χ2n) is 5.18. The second-order valence-corrected chi connectivity index (χ2v) is 5.18. The molecule has 0 heterocycles. The molecule has 4 N–H and O–H groups in total. The number of carboxylic acid groups (broad SMARTS) is 1. The number of carbonyl (C=O) groups is 3. The minimum Gasteiger partial charge on any atom is -0.481 e. The zero-order chi connectivity index (χ0) is 15.5. The topological polar surface area (TPSA) is 108 Å². The Kier molecular flexibility index (Phi) is 9.15. The Balaban J connectivity index is 3.67. The van der Waals surface area contributed by atoms with Gasteiger partial charge in [0.2, 0.25) is 5.91 Å². The molecule has 0 aromatic rings. The van der Waals surface area contributed by atoms with Gasteiger partial charge < -0.3 is 21.1 Å². The maximum absolute atomic E-state index is 11.4. The maximum Gasteiger partial charge on any atom is 0.315 e. The molecule has 0 radical (unpaired) electrons. The monoisotopic (exact) mass is 287 g/mol. The van der Waals surface area contributed by atoms with Crippen LogP contribution in [-0.2, 0) is 9.59 Å². The molecule has 0 rings (SSSR count). The third-order valence-corrected chi connectivity index (χ3v) is 2.51. The molecule has 0 aliphatic heterocycles. The standard InChI is InChI=1S/C13H25N3O4/c1-9(2)8-15-11(17)6-7-14-13(20)16-10(3)4-5-12(18)19/h9-10H,4-8H2,1-3H3,(H,15,17)(H,18,19)(H2,14,16,20). The number of carbonyl (C=O) groups excluding carboxylic acids is 2. The van der Waals surface area contributed by atoms with Crippen molar-refractivity contribution in [2.45, 2.75) is 46.1 Å². The van der Waals surface area contributed by atoms with Gasteiger partial charge in [-0.2, -0.15) is 0 Å². The number of urea groups is 1. The summed E-state index contributed by atoms with van der Waals surface area (Å²) in [5, 5.41) is 16.4. The van der Waals surface area contributed by atoms with E-state index in [2.05, 4.69) is 16.0 Å². The van der Waals surface area contributed by atoms with E-state index in [-0.39, 0.29) is 37.4 Å². The molecule has 0 aliphatic rings. The summed E-state index contributed by atoms with van der Waals surface area (Å²) in [6.45, 7) is 6.62. The van der Waals surface area contributed by atoms with Gasteiger partial charge in [-0.3, -0.25) is 9.59 Å². The molecule has 0 saturated carbocycles. The van der Waals surface area contributed by atoms with Crippen LogP contribution in [0.1, 0.15) is 40.0 Å². The van der Waals surface area contributed by atoms with Crippen LogP contribution in [0.15, 0.2) is 0 Å². The molecular weight excluding hydrogens is 262 g/mol. The van der Waals surface area contributed by atoms with E-state index in [1.165, 1.54) is 0 Å². The molecule has 0 fully saturated rings. The highest BCUT2D eigenvalue weighted by molar-refractivity contribution is 5.78. The Labute approximate surface area is 119 Å². The van der Waals surface area contributed by atoms with Crippen molar-refractivity contribution in [1.29, 1.82) is 0 Å². The summed E-state index contributed by atoms with van der Waals surface area (Å²) in [7, 11) is 0. The van der Waals surface area contributed by atoms with E-state index in [1.54, 1.807) is 6.92 Å². The fourth-order valence-electron chi connectivity index (χ4n) is 1.38. The van der Waals surface area contributed by atoms with Crippen LogP contribution >= 0.6 is 0 Å². The van der Waals surface area contributed by atoms with Gasteiger partial charge >= 0.3 is 12.0 Å². The van der Waals surface area contributed by atoms with Gasteiger partial charge in [-0.1, -0.05) is 13.8 Å². The van der Waals surface area contributed by atoms with Crippen LogP contribution in [0.25, 0.3) is 0 Å². The van der Waals surface area contributed by atoms with Gasteiger partial charge in [0.15, 0.2) is 0 Å². The van der Waals surface area contributed by atoms with Gasteiger partial charge in [0.05, 0.1) is 0 Å². The zero-order valence-corrected chi connectivity index (χ0v) is 12.4. The van der Waals surface area contributed by atoms with Crippen molar-refractivity contribution in [2.24, 2.45) is 5.92 Å². The maximum atomic E-state index is 11.4. The molecule has 0 bridgehead atoms. The minimum absolute atomic E-state index is 0.0130. The summed E-state index contributed by atoms with van der Waals surface area (Å²) in [5.74, 6) is -0.593. The van der Waals surface area contributed by atoms with Gasteiger partial charge in [0, 0.05) is 32.0 Å². The van der Waals surface area contributed by atoms with E-state index < -0.39 is 5.97 Å². The van der Waals surface area contributed by atoms with Gasteiger partial charge in [-0.05, 0) is 19.3 Å². The van der Waals surface area contributed by atoms with E-state index in [9.17, 15) is 14.4 Å². The van der Waals surface area contributed by atoms with Gasteiger partial charge in [0.25, 0.3) is 0 Å². The molecule has 7 nitrogen and oxygen atoms in total. The third kappa shape index (κ3) is 11.3.